The number of nitrogens with zero attached hydrogens (tertiary/aromatic N) is 3. The van der Waals surface area contributed by atoms with E-state index >= 15 is 0 Å². The summed E-state index contributed by atoms with van der Waals surface area (Å²) in [4.78, 5) is 6.26. The van der Waals surface area contributed by atoms with E-state index in [4.69, 9.17) is 9.26 Å². The maximum atomic E-state index is 12.6. The Balaban J connectivity index is 1.59. The molecule has 1 aromatic heterocycles. The van der Waals surface area contributed by atoms with Crippen LogP contribution >= 0.6 is 0 Å². The largest absolute Gasteiger partial charge is 0.494 e. The van der Waals surface area contributed by atoms with Crippen molar-refractivity contribution < 1.29 is 22.4 Å². The van der Waals surface area contributed by atoms with Gasteiger partial charge in [0.1, 0.15) is 5.75 Å². The van der Waals surface area contributed by atoms with E-state index in [1.165, 1.54) is 12.1 Å². The van der Waals surface area contributed by atoms with E-state index in [-0.39, 0.29) is 0 Å². The molecule has 0 aliphatic rings. The van der Waals surface area contributed by atoms with Gasteiger partial charge in [0.05, 0.1) is 18.7 Å². The molecule has 3 rings (SSSR count). The van der Waals surface area contributed by atoms with Crippen molar-refractivity contribution in [2.24, 2.45) is 0 Å². The summed E-state index contributed by atoms with van der Waals surface area (Å²) in [6.07, 6.45) is -4.33. The number of ether oxygens (including phenoxy) is 1. The van der Waals surface area contributed by atoms with Gasteiger partial charge in [0.2, 0.25) is 11.7 Å². The lowest BCUT2D eigenvalue weighted by Crippen LogP contribution is -2.17. The lowest BCUT2D eigenvalue weighted by molar-refractivity contribution is -0.137. The quantitative estimate of drug-likeness (QED) is 0.580. The smallest absolute Gasteiger partial charge is 0.416 e. The Bertz CT molecular complexity index is 890. The molecule has 0 fully saturated rings. The van der Waals surface area contributed by atoms with Crippen molar-refractivity contribution in [2.75, 3.05) is 13.7 Å². The topological polar surface area (TPSA) is 51.4 Å². The summed E-state index contributed by atoms with van der Waals surface area (Å²) >= 11 is 0. The number of alkyl halides is 3. The van der Waals surface area contributed by atoms with E-state index in [1.54, 1.807) is 0 Å². The lowest BCUT2D eigenvalue weighted by atomic mass is 10.1. The Morgan fingerprint density at radius 1 is 1.00 bits per heavy atom. The van der Waals surface area contributed by atoms with Crippen molar-refractivity contribution in [3.8, 4) is 17.1 Å². The Morgan fingerprint density at radius 3 is 2.29 bits per heavy atom. The van der Waals surface area contributed by atoms with Gasteiger partial charge in [0.25, 0.3) is 0 Å². The zero-order valence-corrected chi connectivity index (χ0v) is 15.5. The van der Waals surface area contributed by atoms with Gasteiger partial charge in [0.15, 0.2) is 0 Å². The summed E-state index contributed by atoms with van der Waals surface area (Å²) < 4.78 is 48.6. The normalized spacial score (nSPS) is 11.8. The van der Waals surface area contributed by atoms with Gasteiger partial charge in [-0.15, -0.1) is 0 Å². The van der Waals surface area contributed by atoms with Crippen LogP contribution in [0.15, 0.2) is 53.1 Å². The summed E-state index contributed by atoms with van der Waals surface area (Å²) in [7, 11) is 1.83. The van der Waals surface area contributed by atoms with Crippen molar-refractivity contribution >= 4 is 0 Å². The summed E-state index contributed by atoms with van der Waals surface area (Å²) in [6, 6.07) is 12.5. The molecule has 0 spiro atoms. The molecule has 148 valence electrons. The number of hydrogen-bond donors (Lipinski definition) is 0. The third kappa shape index (κ3) is 5.10. The first kappa shape index (κ1) is 19.9. The highest BCUT2D eigenvalue weighted by Gasteiger charge is 2.29. The summed E-state index contributed by atoms with van der Waals surface area (Å²) in [5, 5.41) is 3.98. The fourth-order valence-corrected chi connectivity index (χ4v) is 2.70. The van der Waals surface area contributed by atoms with Crippen molar-refractivity contribution in [2.45, 2.75) is 26.2 Å². The fourth-order valence-electron chi connectivity index (χ4n) is 2.70. The van der Waals surface area contributed by atoms with Crippen LogP contribution in [-0.2, 0) is 19.3 Å². The van der Waals surface area contributed by atoms with Crippen molar-refractivity contribution in [3.05, 3.63) is 65.5 Å². The monoisotopic (exact) mass is 391 g/mol. The van der Waals surface area contributed by atoms with Crippen molar-refractivity contribution in [1.29, 1.82) is 0 Å². The average molecular weight is 391 g/mol. The molecule has 1 heterocycles. The molecule has 0 unspecified atom stereocenters. The molecule has 0 amide bonds. The summed E-state index contributed by atoms with van der Waals surface area (Å²) in [5.74, 6) is 1.67. The first-order valence-corrected chi connectivity index (χ1v) is 8.75. The molecular formula is C20H20F3N3O2. The molecule has 28 heavy (non-hydrogen) atoms. The average Bonchev–Trinajstić information content (AvgIpc) is 3.10. The van der Waals surface area contributed by atoms with Crippen LogP contribution in [-0.4, -0.2) is 28.7 Å². The second-order valence-corrected chi connectivity index (χ2v) is 6.34. The molecule has 0 aliphatic carbocycles. The van der Waals surface area contributed by atoms with Gasteiger partial charge in [-0.3, -0.25) is 4.90 Å². The SMILES string of the molecule is CCOc1ccc(-c2noc(CN(C)Cc3ccc(C(F)(F)F)cc3)n2)cc1. The van der Waals surface area contributed by atoms with E-state index in [0.717, 1.165) is 29.0 Å². The van der Waals surface area contributed by atoms with Gasteiger partial charge >= 0.3 is 6.18 Å². The van der Waals surface area contributed by atoms with E-state index in [9.17, 15) is 13.2 Å². The Kier molecular flexibility index (Phi) is 5.99. The minimum absolute atomic E-state index is 0.380. The molecule has 0 saturated heterocycles. The van der Waals surface area contributed by atoms with Gasteiger partial charge in [-0.05, 0) is 55.9 Å². The predicted molar refractivity (Wildman–Crippen MR) is 97.5 cm³/mol. The second-order valence-electron chi connectivity index (χ2n) is 6.34. The molecule has 2 aromatic carbocycles. The third-order valence-electron chi connectivity index (χ3n) is 4.03. The summed E-state index contributed by atoms with van der Waals surface area (Å²) in [5.41, 5.74) is 0.918. The minimum Gasteiger partial charge on any atom is -0.494 e. The van der Waals surface area contributed by atoms with Gasteiger partial charge < -0.3 is 9.26 Å². The summed E-state index contributed by atoms with van der Waals surface area (Å²) in [6.45, 7) is 3.35. The highest BCUT2D eigenvalue weighted by atomic mass is 19.4. The van der Waals surface area contributed by atoms with Crippen LogP contribution in [0.2, 0.25) is 0 Å². The minimum atomic E-state index is -4.33. The zero-order chi connectivity index (χ0) is 20.1. The predicted octanol–water partition coefficient (Wildman–Crippen LogP) is 4.79. The van der Waals surface area contributed by atoms with Gasteiger partial charge in [-0.1, -0.05) is 17.3 Å². The third-order valence-corrected chi connectivity index (χ3v) is 4.03. The molecular weight excluding hydrogens is 371 g/mol. The van der Waals surface area contributed by atoms with Gasteiger partial charge in [-0.25, -0.2) is 0 Å². The molecule has 0 saturated carbocycles. The van der Waals surface area contributed by atoms with E-state index in [1.807, 2.05) is 43.1 Å². The van der Waals surface area contributed by atoms with Crippen LogP contribution in [0.25, 0.3) is 11.4 Å². The number of hydrogen-bond acceptors (Lipinski definition) is 5. The molecule has 0 bridgehead atoms. The molecule has 8 heteroatoms. The van der Waals surface area contributed by atoms with Crippen LogP contribution < -0.4 is 4.74 Å². The number of rotatable bonds is 7. The first-order chi connectivity index (χ1) is 13.3. The van der Waals surface area contributed by atoms with Gasteiger partial charge in [0, 0.05) is 12.1 Å². The Morgan fingerprint density at radius 2 is 1.68 bits per heavy atom. The van der Waals surface area contributed by atoms with E-state index < -0.39 is 11.7 Å². The molecule has 0 radical (unpaired) electrons. The maximum Gasteiger partial charge on any atom is 0.416 e. The number of aromatic nitrogens is 2. The van der Waals surface area contributed by atoms with Crippen LogP contribution in [0.5, 0.6) is 5.75 Å². The van der Waals surface area contributed by atoms with Crippen molar-refractivity contribution in [1.82, 2.24) is 15.0 Å². The lowest BCUT2D eigenvalue weighted by Gasteiger charge is -2.14. The molecule has 0 atom stereocenters. The molecule has 3 aromatic rings. The van der Waals surface area contributed by atoms with Gasteiger partial charge in [-0.2, -0.15) is 18.2 Å². The number of benzene rings is 2. The maximum absolute atomic E-state index is 12.6. The molecule has 0 N–H and O–H groups in total. The van der Waals surface area contributed by atoms with Crippen LogP contribution in [0, 0.1) is 0 Å². The highest BCUT2D eigenvalue weighted by molar-refractivity contribution is 5.55. The zero-order valence-electron chi connectivity index (χ0n) is 15.5. The van der Waals surface area contributed by atoms with Crippen molar-refractivity contribution in [3.63, 3.8) is 0 Å². The molecule has 5 nitrogen and oxygen atoms in total. The second kappa shape index (κ2) is 8.43. The Hall–Kier alpha value is -2.87. The van der Waals surface area contributed by atoms with Crippen LogP contribution in [0.4, 0.5) is 13.2 Å². The first-order valence-electron chi connectivity index (χ1n) is 8.75. The number of halogens is 3. The standard InChI is InChI=1S/C20H20F3N3O2/c1-3-27-17-10-6-15(7-11-17)19-24-18(28-25-19)13-26(2)12-14-4-8-16(9-5-14)20(21,22)23/h4-11H,3,12-13H2,1-2H3. The Labute approximate surface area is 160 Å². The van der Waals surface area contributed by atoms with Crippen LogP contribution in [0.1, 0.15) is 23.9 Å². The highest BCUT2D eigenvalue weighted by Crippen LogP contribution is 2.29. The van der Waals surface area contributed by atoms with E-state index in [0.29, 0.717) is 31.4 Å². The fraction of sp³-hybridized carbons (Fsp3) is 0.300. The molecule has 0 aliphatic heterocycles. The van der Waals surface area contributed by atoms with E-state index in [2.05, 4.69) is 10.1 Å². The van der Waals surface area contributed by atoms with Crippen LogP contribution in [0.3, 0.4) is 0 Å².